The summed E-state index contributed by atoms with van der Waals surface area (Å²) in [6, 6.07) is 12.8. The molecule has 1 saturated heterocycles. The Morgan fingerprint density at radius 3 is 2.70 bits per heavy atom. The molecule has 0 spiro atoms. The van der Waals surface area contributed by atoms with Crippen molar-refractivity contribution >= 4 is 17.3 Å². The number of piperidine rings is 1. The molecule has 1 amide bonds. The van der Waals surface area contributed by atoms with Gasteiger partial charge in [-0.05, 0) is 48.8 Å². The molecule has 1 fully saturated rings. The maximum atomic E-state index is 13.3. The number of rotatable bonds is 3. The van der Waals surface area contributed by atoms with E-state index in [9.17, 15) is 14.9 Å². The highest BCUT2D eigenvalue weighted by atomic mass is 16.6. The first kappa shape index (κ1) is 18.9. The van der Waals surface area contributed by atoms with E-state index < -0.39 is 0 Å². The minimum Gasteiger partial charge on any atom is -0.377 e. The lowest BCUT2D eigenvalue weighted by Gasteiger charge is -2.39. The summed E-state index contributed by atoms with van der Waals surface area (Å²) in [5.41, 5.74) is 3.74. The highest BCUT2D eigenvalue weighted by molar-refractivity contribution is 6.01. The van der Waals surface area contributed by atoms with Crippen LogP contribution in [-0.4, -0.2) is 28.8 Å². The largest absolute Gasteiger partial charge is 0.377 e. The number of carbonyl (C=O) groups excluding carboxylic acids is 1. The molecule has 3 aliphatic rings. The Kier molecular flexibility index (Phi) is 4.77. The minimum absolute atomic E-state index is 0.0762. The summed E-state index contributed by atoms with van der Waals surface area (Å²) in [6.45, 7) is 1.62. The average Bonchev–Trinajstić information content (AvgIpc) is 3.28. The molecule has 0 saturated carbocycles. The first-order valence-electron chi connectivity index (χ1n) is 10.7. The normalized spacial score (nSPS) is 24.7. The van der Waals surface area contributed by atoms with E-state index in [0.29, 0.717) is 5.56 Å². The van der Waals surface area contributed by atoms with Crippen molar-refractivity contribution in [3.05, 3.63) is 81.4 Å². The topological polar surface area (TPSA) is 75.5 Å². The molecule has 0 radical (unpaired) electrons. The second kappa shape index (κ2) is 7.59. The van der Waals surface area contributed by atoms with Gasteiger partial charge in [0.2, 0.25) is 0 Å². The van der Waals surface area contributed by atoms with Crippen LogP contribution in [0.15, 0.2) is 54.6 Å². The number of hydrogen-bond donors (Lipinski definition) is 1. The van der Waals surface area contributed by atoms with Gasteiger partial charge < -0.3 is 10.2 Å². The highest BCUT2D eigenvalue weighted by Gasteiger charge is 2.40. The van der Waals surface area contributed by atoms with Crippen molar-refractivity contribution in [1.29, 1.82) is 0 Å². The number of anilines is 1. The Morgan fingerprint density at radius 2 is 1.90 bits per heavy atom. The van der Waals surface area contributed by atoms with Crippen LogP contribution in [0.3, 0.4) is 0 Å². The number of allylic oxidation sites excluding steroid dienone is 2. The van der Waals surface area contributed by atoms with Crippen LogP contribution in [0.2, 0.25) is 0 Å². The third-order valence-corrected chi connectivity index (χ3v) is 6.71. The van der Waals surface area contributed by atoms with Gasteiger partial charge in [0.05, 0.1) is 22.2 Å². The lowest BCUT2D eigenvalue weighted by Crippen LogP contribution is -2.37. The number of fused-ring (bicyclic) bond motifs is 3. The standard InChI is InChI=1S/C24H25N3O3/c28-24(26-13-2-1-3-14-26)21-12-6-11-20-18-9-5-10-19(18)22(25-23(20)21)16-7-4-8-17(15-16)27(29)30/h4-9,11-12,15,18-19,22,25H,1-3,10,13-14H2. The first-order chi connectivity index (χ1) is 14.6. The maximum Gasteiger partial charge on any atom is 0.269 e. The SMILES string of the molecule is O=C(c1cccc2c1NC(c1cccc([N+](=O)[O-])c1)C1CC=CC21)N1CCCCC1. The predicted octanol–water partition coefficient (Wildman–Crippen LogP) is 5.05. The van der Waals surface area contributed by atoms with E-state index in [1.165, 1.54) is 12.5 Å². The van der Waals surface area contributed by atoms with Crippen LogP contribution < -0.4 is 5.32 Å². The maximum absolute atomic E-state index is 13.3. The van der Waals surface area contributed by atoms with E-state index in [0.717, 1.165) is 49.2 Å². The van der Waals surface area contributed by atoms with Crippen LogP contribution in [0.1, 0.15) is 59.1 Å². The first-order valence-corrected chi connectivity index (χ1v) is 10.7. The molecule has 6 heteroatoms. The van der Waals surface area contributed by atoms with Crippen LogP contribution in [-0.2, 0) is 0 Å². The van der Waals surface area contributed by atoms with Crippen molar-refractivity contribution in [2.45, 2.75) is 37.6 Å². The lowest BCUT2D eigenvalue weighted by atomic mass is 9.76. The molecule has 2 heterocycles. The molecule has 154 valence electrons. The van der Waals surface area contributed by atoms with Crippen molar-refractivity contribution in [2.75, 3.05) is 18.4 Å². The number of non-ortho nitro benzene ring substituents is 1. The highest BCUT2D eigenvalue weighted by Crippen LogP contribution is 2.51. The van der Waals surface area contributed by atoms with Crippen molar-refractivity contribution in [2.24, 2.45) is 5.92 Å². The molecule has 2 aromatic rings. The van der Waals surface area contributed by atoms with Crippen molar-refractivity contribution in [3.63, 3.8) is 0 Å². The van der Waals surface area contributed by atoms with Gasteiger partial charge in [-0.2, -0.15) is 0 Å². The summed E-state index contributed by atoms with van der Waals surface area (Å²) in [6.07, 6.45) is 8.61. The summed E-state index contributed by atoms with van der Waals surface area (Å²) in [4.78, 5) is 26.2. The average molecular weight is 403 g/mol. The van der Waals surface area contributed by atoms with Gasteiger partial charge in [0.1, 0.15) is 0 Å². The smallest absolute Gasteiger partial charge is 0.269 e. The number of likely N-dealkylation sites (tertiary alicyclic amines) is 1. The van der Waals surface area contributed by atoms with Crippen LogP contribution in [0, 0.1) is 16.0 Å². The number of nitrogens with one attached hydrogen (secondary N) is 1. The second-order valence-electron chi connectivity index (χ2n) is 8.45. The molecule has 5 rings (SSSR count). The molecule has 6 nitrogen and oxygen atoms in total. The zero-order valence-electron chi connectivity index (χ0n) is 16.8. The number of nitro benzene ring substituents is 1. The van der Waals surface area contributed by atoms with Gasteiger partial charge in [-0.15, -0.1) is 0 Å². The van der Waals surface area contributed by atoms with E-state index in [1.54, 1.807) is 12.1 Å². The van der Waals surface area contributed by atoms with Crippen LogP contribution in [0.4, 0.5) is 11.4 Å². The summed E-state index contributed by atoms with van der Waals surface area (Å²) in [5, 5.41) is 14.9. The molecular formula is C24H25N3O3. The number of nitrogens with zero attached hydrogens (tertiary/aromatic N) is 2. The Labute approximate surface area is 175 Å². The number of nitro groups is 1. The number of carbonyl (C=O) groups is 1. The minimum atomic E-state index is -0.351. The molecular weight excluding hydrogens is 378 g/mol. The van der Waals surface area contributed by atoms with Crippen LogP contribution in [0.25, 0.3) is 0 Å². The molecule has 30 heavy (non-hydrogen) atoms. The van der Waals surface area contributed by atoms with Crippen LogP contribution in [0.5, 0.6) is 0 Å². The Balaban J connectivity index is 1.55. The fraction of sp³-hybridized carbons (Fsp3) is 0.375. The van der Waals surface area contributed by atoms with Gasteiger partial charge in [-0.25, -0.2) is 0 Å². The van der Waals surface area contributed by atoms with E-state index >= 15 is 0 Å². The summed E-state index contributed by atoms with van der Waals surface area (Å²) < 4.78 is 0. The van der Waals surface area contributed by atoms with Gasteiger partial charge in [0.15, 0.2) is 0 Å². The molecule has 3 unspecified atom stereocenters. The monoisotopic (exact) mass is 403 g/mol. The van der Waals surface area contributed by atoms with Crippen molar-refractivity contribution in [1.82, 2.24) is 4.90 Å². The summed E-state index contributed by atoms with van der Waals surface area (Å²) in [5.74, 6) is 0.566. The van der Waals surface area contributed by atoms with Gasteiger partial charge in [-0.3, -0.25) is 14.9 Å². The Bertz CT molecular complexity index is 1030. The third-order valence-electron chi connectivity index (χ3n) is 6.71. The fourth-order valence-corrected chi connectivity index (χ4v) is 5.23. The summed E-state index contributed by atoms with van der Waals surface area (Å²) >= 11 is 0. The number of para-hydroxylation sites is 1. The predicted molar refractivity (Wildman–Crippen MR) is 116 cm³/mol. The molecule has 2 aromatic carbocycles. The molecule has 2 aliphatic heterocycles. The quantitative estimate of drug-likeness (QED) is 0.442. The molecule has 0 bridgehead atoms. The number of hydrogen-bond acceptors (Lipinski definition) is 4. The number of amides is 1. The third kappa shape index (κ3) is 3.16. The Hall–Kier alpha value is -3.15. The molecule has 1 N–H and O–H groups in total. The summed E-state index contributed by atoms with van der Waals surface area (Å²) in [7, 11) is 0. The van der Waals surface area contributed by atoms with Gasteiger partial charge in [0.25, 0.3) is 11.6 Å². The molecule has 0 aromatic heterocycles. The van der Waals surface area contributed by atoms with Crippen molar-refractivity contribution < 1.29 is 9.72 Å². The van der Waals surface area contributed by atoms with Gasteiger partial charge in [0, 0.05) is 31.1 Å². The van der Waals surface area contributed by atoms with E-state index in [4.69, 9.17) is 0 Å². The molecule has 3 atom stereocenters. The zero-order chi connectivity index (χ0) is 20.7. The van der Waals surface area contributed by atoms with E-state index in [-0.39, 0.29) is 34.4 Å². The molecule has 1 aliphatic carbocycles. The van der Waals surface area contributed by atoms with Gasteiger partial charge >= 0.3 is 0 Å². The van der Waals surface area contributed by atoms with E-state index in [1.807, 2.05) is 23.1 Å². The number of benzene rings is 2. The zero-order valence-corrected chi connectivity index (χ0v) is 16.8. The fourth-order valence-electron chi connectivity index (χ4n) is 5.23. The van der Waals surface area contributed by atoms with E-state index in [2.05, 4.69) is 23.5 Å². The van der Waals surface area contributed by atoms with Crippen molar-refractivity contribution in [3.8, 4) is 0 Å². The van der Waals surface area contributed by atoms with Crippen LogP contribution >= 0.6 is 0 Å². The van der Waals surface area contributed by atoms with Gasteiger partial charge in [-0.1, -0.05) is 36.4 Å². The second-order valence-corrected chi connectivity index (χ2v) is 8.45. The Morgan fingerprint density at radius 1 is 1.10 bits per heavy atom. The lowest BCUT2D eigenvalue weighted by molar-refractivity contribution is -0.384.